The summed E-state index contributed by atoms with van der Waals surface area (Å²) in [6, 6.07) is 0.412. The second kappa shape index (κ2) is 4.95. The SMILES string of the molecule is CCC(NC)C(C)c1nc(C2CCC2)no1. The Kier molecular flexibility index (Phi) is 3.59. The first-order chi connectivity index (χ1) is 7.76. The van der Waals surface area contributed by atoms with Crippen LogP contribution in [-0.2, 0) is 0 Å². The highest BCUT2D eigenvalue weighted by molar-refractivity contribution is 5.03. The molecule has 1 saturated carbocycles. The van der Waals surface area contributed by atoms with Gasteiger partial charge in [0.1, 0.15) is 0 Å². The molecule has 0 aromatic carbocycles. The molecule has 2 unspecified atom stereocenters. The molecule has 1 aromatic heterocycles. The maximum absolute atomic E-state index is 5.37. The van der Waals surface area contributed by atoms with Crippen molar-refractivity contribution < 1.29 is 4.52 Å². The fourth-order valence-corrected chi connectivity index (χ4v) is 2.24. The highest BCUT2D eigenvalue weighted by atomic mass is 16.5. The molecule has 0 radical (unpaired) electrons. The zero-order chi connectivity index (χ0) is 11.5. The quantitative estimate of drug-likeness (QED) is 0.833. The lowest BCUT2D eigenvalue weighted by Crippen LogP contribution is -2.30. The summed E-state index contributed by atoms with van der Waals surface area (Å²) >= 11 is 0. The molecule has 4 heteroatoms. The minimum absolute atomic E-state index is 0.288. The second-order valence-corrected chi connectivity index (χ2v) is 4.71. The van der Waals surface area contributed by atoms with E-state index in [1.54, 1.807) is 0 Å². The molecule has 4 nitrogen and oxygen atoms in total. The van der Waals surface area contributed by atoms with E-state index in [0.717, 1.165) is 18.1 Å². The van der Waals surface area contributed by atoms with Crippen LogP contribution in [0.2, 0.25) is 0 Å². The van der Waals surface area contributed by atoms with Gasteiger partial charge in [-0.25, -0.2) is 0 Å². The van der Waals surface area contributed by atoms with Gasteiger partial charge in [0, 0.05) is 12.0 Å². The molecule has 0 amide bonds. The highest BCUT2D eigenvalue weighted by Gasteiger charge is 2.27. The number of nitrogens with zero attached hydrogens (tertiary/aromatic N) is 2. The summed E-state index contributed by atoms with van der Waals surface area (Å²) in [6.07, 6.45) is 4.81. The molecular formula is C12H21N3O. The fraction of sp³-hybridized carbons (Fsp3) is 0.833. The zero-order valence-corrected chi connectivity index (χ0v) is 10.4. The Morgan fingerprint density at radius 3 is 2.75 bits per heavy atom. The number of hydrogen-bond acceptors (Lipinski definition) is 4. The predicted octanol–water partition coefficient (Wildman–Crippen LogP) is 2.44. The van der Waals surface area contributed by atoms with Crippen LogP contribution in [0.1, 0.15) is 63.1 Å². The number of aromatic nitrogens is 2. The van der Waals surface area contributed by atoms with Crippen LogP contribution in [0.25, 0.3) is 0 Å². The van der Waals surface area contributed by atoms with Crippen molar-refractivity contribution in [3.05, 3.63) is 11.7 Å². The normalized spacial score (nSPS) is 20.4. The van der Waals surface area contributed by atoms with E-state index in [4.69, 9.17) is 4.52 Å². The number of nitrogens with one attached hydrogen (secondary N) is 1. The molecule has 1 aromatic rings. The minimum Gasteiger partial charge on any atom is -0.339 e. The van der Waals surface area contributed by atoms with Gasteiger partial charge in [-0.3, -0.25) is 0 Å². The first-order valence-electron chi connectivity index (χ1n) is 6.27. The Hall–Kier alpha value is -0.900. The van der Waals surface area contributed by atoms with Crippen LogP contribution in [0.15, 0.2) is 4.52 Å². The molecule has 2 rings (SSSR count). The van der Waals surface area contributed by atoms with Gasteiger partial charge < -0.3 is 9.84 Å². The molecular weight excluding hydrogens is 202 g/mol. The zero-order valence-electron chi connectivity index (χ0n) is 10.4. The van der Waals surface area contributed by atoms with Crippen molar-refractivity contribution in [3.8, 4) is 0 Å². The van der Waals surface area contributed by atoms with Crippen LogP contribution >= 0.6 is 0 Å². The first-order valence-corrected chi connectivity index (χ1v) is 6.27. The summed E-state index contributed by atoms with van der Waals surface area (Å²) in [5.41, 5.74) is 0. The lowest BCUT2D eigenvalue weighted by atomic mass is 9.85. The van der Waals surface area contributed by atoms with Crippen LogP contribution < -0.4 is 5.32 Å². The van der Waals surface area contributed by atoms with Gasteiger partial charge in [0.2, 0.25) is 5.89 Å². The molecule has 0 aliphatic heterocycles. The molecule has 1 heterocycles. The Morgan fingerprint density at radius 1 is 1.50 bits per heavy atom. The van der Waals surface area contributed by atoms with Crippen molar-refractivity contribution >= 4 is 0 Å². The van der Waals surface area contributed by atoms with E-state index in [9.17, 15) is 0 Å². The number of likely N-dealkylation sites (N-methyl/N-ethyl adjacent to an activating group) is 1. The first kappa shape index (κ1) is 11.6. The maximum atomic E-state index is 5.37. The van der Waals surface area contributed by atoms with Crippen LogP contribution in [0, 0.1) is 0 Å². The lowest BCUT2D eigenvalue weighted by molar-refractivity contribution is 0.315. The minimum atomic E-state index is 0.288. The summed E-state index contributed by atoms with van der Waals surface area (Å²) in [4.78, 5) is 4.53. The summed E-state index contributed by atoms with van der Waals surface area (Å²) in [5, 5.41) is 7.39. The molecule has 0 bridgehead atoms. The van der Waals surface area contributed by atoms with Crippen LogP contribution in [0.3, 0.4) is 0 Å². The van der Waals surface area contributed by atoms with Gasteiger partial charge in [-0.05, 0) is 26.3 Å². The largest absolute Gasteiger partial charge is 0.339 e. The van der Waals surface area contributed by atoms with Crippen molar-refractivity contribution in [1.82, 2.24) is 15.5 Å². The van der Waals surface area contributed by atoms with E-state index in [-0.39, 0.29) is 5.92 Å². The van der Waals surface area contributed by atoms with Crippen LogP contribution in [0.4, 0.5) is 0 Å². The molecule has 1 aliphatic rings. The molecule has 0 spiro atoms. The van der Waals surface area contributed by atoms with E-state index >= 15 is 0 Å². The van der Waals surface area contributed by atoms with Crippen molar-refractivity contribution in [2.45, 2.75) is 57.4 Å². The monoisotopic (exact) mass is 223 g/mol. The van der Waals surface area contributed by atoms with Gasteiger partial charge in [-0.2, -0.15) is 4.98 Å². The molecule has 1 aliphatic carbocycles. The van der Waals surface area contributed by atoms with E-state index in [1.165, 1.54) is 19.3 Å². The van der Waals surface area contributed by atoms with Gasteiger partial charge in [0.25, 0.3) is 0 Å². The molecule has 1 fully saturated rings. The molecule has 16 heavy (non-hydrogen) atoms. The summed E-state index contributed by atoms with van der Waals surface area (Å²) in [5.74, 6) is 2.54. The van der Waals surface area contributed by atoms with Crippen molar-refractivity contribution in [3.63, 3.8) is 0 Å². The average molecular weight is 223 g/mol. The van der Waals surface area contributed by atoms with E-state index in [0.29, 0.717) is 12.0 Å². The van der Waals surface area contributed by atoms with Gasteiger partial charge in [0.15, 0.2) is 5.82 Å². The number of hydrogen-bond donors (Lipinski definition) is 1. The lowest BCUT2D eigenvalue weighted by Gasteiger charge is -2.21. The topological polar surface area (TPSA) is 51.0 Å². The average Bonchev–Trinajstić information content (AvgIpc) is 2.66. The second-order valence-electron chi connectivity index (χ2n) is 4.71. The van der Waals surface area contributed by atoms with E-state index in [1.807, 2.05) is 7.05 Å². The Bertz CT molecular complexity index is 329. The van der Waals surface area contributed by atoms with E-state index in [2.05, 4.69) is 29.3 Å². The van der Waals surface area contributed by atoms with Crippen molar-refractivity contribution in [2.75, 3.05) is 7.05 Å². The van der Waals surface area contributed by atoms with Crippen molar-refractivity contribution in [2.24, 2.45) is 0 Å². The third kappa shape index (κ3) is 2.12. The van der Waals surface area contributed by atoms with Gasteiger partial charge in [-0.15, -0.1) is 0 Å². The smallest absolute Gasteiger partial charge is 0.231 e. The maximum Gasteiger partial charge on any atom is 0.231 e. The van der Waals surface area contributed by atoms with Gasteiger partial charge in [0.05, 0.1) is 5.92 Å². The van der Waals surface area contributed by atoms with E-state index < -0.39 is 0 Å². The Morgan fingerprint density at radius 2 is 2.25 bits per heavy atom. The Labute approximate surface area is 96.8 Å². The summed E-state index contributed by atoms with van der Waals surface area (Å²) in [6.45, 7) is 4.31. The van der Waals surface area contributed by atoms with Crippen molar-refractivity contribution in [1.29, 1.82) is 0 Å². The third-order valence-corrected chi connectivity index (χ3v) is 3.73. The molecule has 90 valence electrons. The summed E-state index contributed by atoms with van der Waals surface area (Å²) < 4.78 is 5.37. The summed E-state index contributed by atoms with van der Waals surface area (Å²) in [7, 11) is 1.98. The van der Waals surface area contributed by atoms with Crippen LogP contribution in [-0.4, -0.2) is 23.2 Å². The number of rotatable bonds is 5. The van der Waals surface area contributed by atoms with Crippen LogP contribution in [0.5, 0.6) is 0 Å². The fourth-order valence-electron chi connectivity index (χ4n) is 2.24. The highest BCUT2D eigenvalue weighted by Crippen LogP contribution is 2.35. The molecule has 0 saturated heterocycles. The predicted molar refractivity (Wildman–Crippen MR) is 62.4 cm³/mol. The molecule has 1 N–H and O–H groups in total. The Balaban J connectivity index is 2.05. The standard InChI is InChI=1S/C12H21N3O/c1-4-10(13-3)8(2)12-14-11(15-16-12)9-6-5-7-9/h8-10,13H,4-7H2,1-3H3. The van der Waals surface area contributed by atoms with Gasteiger partial charge >= 0.3 is 0 Å². The third-order valence-electron chi connectivity index (χ3n) is 3.73. The molecule has 2 atom stereocenters. The van der Waals surface area contributed by atoms with Gasteiger partial charge in [-0.1, -0.05) is 25.4 Å².